The van der Waals surface area contributed by atoms with Crippen molar-refractivity contribution in [1.29, 1.82) is 0 Å². The lowest BCUT2D eigenvalue weighted by Gasteiger charge is -2.11. The average molecular weight is 311 g/mol. The first-order chi connectivity index (χ1) is 8.65. The molecular weight excluding hydrogens is 295 g/mol. The van der Waals surface area contributed by atoms with Crippen molar-refractivity contribution in [2.75, 3.05) is 11.9 Å². The molecule has 0 fully saturated rings. The second-order valence-electron chi connectivity index (χ2n) is 4.22. The van der Waals surface area contributed by atoms with Gasteiger partial charge in [-0.1, -0.05) is 13.3 Å². The molecule has 2 rings (SSSR count). The number of pyridine rings is 1. The van der Waals surface area contributed by atoms with Crippen molar-refractivity contribution in [3.8, 4) is 0 Å². The van der Waals surface area contributed by atoms with Gasteiger partial charge in [-0.05, 0) is 41.4 Å². The molecule has 4 heteroatoms. The van der Waals surface area contributed by atoms with Crippen LogP contribution in [-0.4, -0.2) is 11.5 Å². The number of hydrogen-bond donors (Lipinski definition) is 1. The summed E-state index contributed by atoms with van der Waals surface area (Å²) >= 11 is 3.22. The van der Waals surface area contributed by atoms with Crippen LogP contribution >= 0.6 is 15.9 Å². The normalized spacial score (nSPS) is 10.9. The van der Waals surface area contributed by atoms with Crippen molar-refractivity contribution in [2.45, 2.75) is 26.7 Å². The van der Waals surface area contributed by atoms with Crippen LogP contribution in [0, 0.1) is 5.82 Å². The van der Waals surface area contributed by atoms with Crippen LogP contribution < -0.4 is 5.32 Å². The second-order valence-corrected chi connectivity index (χ2v) is 5.08. The first-order valence-corrected chi connectivity index (χ1v) is 6.97. The molecule has 1 aromatic heterocycles. The molecule has 0 unspecified atom stereocenters. The van der Waals surface area contributed by atoms with Gasteiger partial charge in [0.2, 0.25) is 0 Å². The Morgan fingerprint density at radius 2 is 2.06 bits per heavy atom. The number of rotatable bonds is 4. The zero-order valence-electron chi connectivity index (χ0n) is 10.6. The van der Waals surface area contributed by atoms with E-state index in [0.717, 1.165) is 36.2 Å². The Kier molecular flexibility index (Phi) is 4.17. The third-order valence-corrected chi connectivity index (χ3v) is 3.38. The van der Waals surface area contributed by atoms with Crippen molar-refractivity contribution in [3.63, 3.8) is 0 Å². The van der Waals surface area contributed by atoms with E-state index < -0.39 is 0 Å². The molecule has 0 amide bonds. The molecule has 0 aliphatic rings. The molecule has 0 aliphatic carbocycles. The molecule has 0 saturated carbocycles. The van der Waals surface area contributed by atoms with Crippen molar-refractivity contribution in [1.82, 2.24) is 4.98 Å². The smallest absolute Gasteiger partial charge is 0.139 e. The highest BCUT2D eigenvalue weighted by Crippen LogP contribution is 2.28. The van der Waals surface area contributed by atoms with Gasteiger partial charge in [-0.2, -0.15) is 0 Å². The Bertz CT molecular complexity index is 569. The predicted octanol–water partition coefficient (Wildman–Crippen LogP) is 4.52. The van der Waals surface area contributed by atoms with E-state index in [4.69, 9.17) is 0 Å². The van der Waals surface area contributed by atoms with Gasteiger partial charge in [-0.25, -0.2) is 4.39 Å². The van der Waals surface area contributed by atoms with Gasteiger partial charge in [-0.3, -0.25) is 4.98 Å². The lowest BCUT2D eigenvalue weighted by atomic mass is 10.1. The number of nitrogens with one attached hydrogen (secondary N) is 1. The molecule has 2 nitrogen and oxygen atoms in total. The van der Waals surface area contributed by atoms with E-state index in [0.29, 0.717) is 9.99 Å². The lowest BCUT2D eigenvalue weighted by Crippen LogP contribution is -2.01. The summed E-state index contributed by atoms with van der Waals surface area (Å²) in [7, 11) is 0. The highest BCUT2D eigenvalue weighted by atomic mass is 79.9. The summed E-state index contributed by atoms with van der Waals surface area (Å²) in [5.41, 5.74) is 2.73. The van der Waals surface area contributed by atoms with E-state index in [1.165, 1.54) is 6.07 Å². The van der Waals surface area contributed by atoms with Crippen LogP contribution in [0.5, 0.6) is 0 Å². The number of aromatic nitrogens is 1. The van der Waals surface area contributed by atoms with Gasteiger partial charge in [0.15, 0.2) is 0 Å². The van der Waals surface area contributed by atoms with Crippen LogP contribution in [0.25, 0.3) is 10.9 Å². The van der Waals surface area contributed by atoms with E-state index in [1.54, 1.807) is 6.07 Å². The largest absolute Gasteiger partial charge is 0.385 e. The quantitative estimate of drug-likeness (QED) is 0.898. The third kappa shape index (κ3) is 2.64. The molecule has 2 aromatic rings. The molecule has 1 aromatic carbocycles. The monoisotopic (exact) mass is 310 g/mol. The number of aryl methyl sites for hydroxylation is 1. The van der Waals surface area contributed by atoms with Gasteiger partial charge in [0, 0.05) is 29.4 Å². The first-order valence-electron chi connectivity index (χ1n) is 6.18. The predicted molar refractivity (Wildman–Crippen MR) is 77.6 cm³/mol. The number of hydrogen-bond acceptors (Lipinski definition) is 2. The Hall–Kier alpha value is -1.16. The van der Waals surface area contributed by atoms with Gasteiger partial charge in [0.05, 0.1) is 9.99 Å². The number of fused-ring (bicyclic) bond motifs is 1. The molecule has 0 spiro atoms. The summed E-state index contributed by atoms with van der Waals surface area (Å²) in [6, 6.07) is 5.32. The maximum absolute atomic E-state index is 13.6. The number of nitrogens with zero attached hydrogens (tertiary/aromatic N) is 1. The molecule has 18 heavy (non-hydrogen) atoms. The molecule has 96 valence electrons. The molecule has 0 saturated heterocycles. The van der Waals surface area contributed by atoms with Crippen LogP contribution in [0.15, 0.2) is 22.7 Å². The fraction of sp³-hybridized carbons (Fsp3) is 0.357. The zero-order chi connectivity index (χ0) is 13.1. The highest BCUT2D eigenvalue weighted by Gasteiger charge is 2.09. The Morgan fingerprint density at radius 3 is 2.72 bits per heavy atom. The molecule has 0 radical (unpaired) electrons. The molecular formula is C14H16BrFN2. The van der Waals surface area contributed by atoms with Gasteiger partial charge < -0.3 is 5.32 Å². The fourth-order valence-electron chi connectivity index (χ4n) is 2.00. The minimum atomic E-state index is -0.272. The van der Waals surface area contributed by atoms with E-state index in [2.05, 4.69) is 39.2 Å². The van der Waals surface area contributed by atoms with Crippen LogP contribution in [0.3, 0.4) is 0 Å². The van der Waals surface area contributed by atoms with Crippen LogP contribution in [0.1, 0.15) is 26.0 Å². The number of benzene rings is 1. The van der Waals surface area contributed by atoms with E-state index in [1.807, 2.05) is 6.92 Å². The molecule has 1 heterocycles. The van der Waals surface area contributed by atoms with Gasteiger partial charge in [0.25, 0.3) is 0 Å². The topological polar surface area (TPSA) is 24.9 Å². The van der Waals surface area contributed by atoms with Gasteiger partial charge in [0.1, 0.15) is 5.82 Å². The maximum Gasteiger partial charge on any atom is 0.139 e. The Balaban J connectivity index is 2.64. The molecule has 0 aliphatic heterocycles. The SMILES string of the molecule is CCCc1cc(NCC)c2cc(Br)c(F)cc2n1. The Labute approximate surface area is 115 Å². The van der Waals surface area contributed by atoms with Crippen molar-refractivity contribution < 1.29 is 4.39 Å². The standard InChI is InChI=1S/C14H16BrFN2/c1-3-5-9-6-13(17-4-2)10-7-11(15)12(16)8-14(10)18-9/h6-8H,3-5H2,1-2H3,(H,17,18). The van der Waals surface area contributed by atoms with Crippen molar-refractivity contribution >= 4 is 32.5 Å². The summed E-state index contributed by atoms with van der Waals surface area (Å²) in [5.74, 6) is -0.272. The number of halogens is 2. The molecule has 0 atom stereocenters. The summed E-state index contributed by atoms with van der Waals surface area (Å²) in [5, 5.41) is 4.26. The lowest BCUT2D eigenvalue weighted by molar-refractivity contribution is 0.622. The summed E-state index contributed by atoms with van der Waals surface area (Å²) in [6.45, 7) is 4.99. The summed E-state index contributed by atoms with van der Waals surface area (Å²) in [6.07, 6.45) is 1.94. The van der Waals surface area contributed by atoms with Crippen molar-refractivity contribution in [3.05, 3.63) is 34.2 Å². The maximum atomic E-state index is 13.6. The van der Waals surface area contributed by atoms with E-state index >= 15 is 0 Å². The molecule has 1 N–H and O–H groups in total. The Morgan fingerprint density at radius 1 is 1.28 bits per heavy atom. The third-order valence-electron chi connectivity index (χ3n) is 2.78. The zero-order valence-corrected chi connectivity index (χ0v) is 12.1. The summed E-state index contributed by atoms with van der Waals surface area (Å²) in [4.78, 5) is 4.51. The van der Waals surface area contributed by atoms with Crippen LogP contribution in [0.2, 0.25) is 0 Å². The highest BCUT2D eigenvalue weighted by molar-refractivity contribution is 9.10. The van der Waals surface area contributed by atoms with Crippen molar-refractivity contribution in [2.24, 2.45) is 0 Å². The van der Waals surface area contributed by atoms with Crippen LogP contribution in [-0.2, 0) is 6.42 Å². The fourth-order valence-corrected chi connectivity index (χ4v) is 2.34. The van der Waals surface area contributed by atoms with Crippen LogP contribution in [0.4, 0.5) is 10.1 Å². The van der Waals surface area contributed by atoms with E-state index in [9.17, 15) is 4.39 Å². The minimum absolute atomic E-state index is 0.272. The van der Waals surface area contributed by atoms with Gasteiger partial charge >= 0.3 is 0 Å². The van der Waals surface area contributed by atoms with E-state index in [-0.39, 0.29) is 5.82 Å². The first kappa shape index (κ1) is 13.3. The number of anilines is 1. The molecule has 0 bridgehead atoms. The average Bonchev–Trinajstić information content (AvgIpc) is 2.32. The van der Waals surface area contributed by atoms with Gasteiger partial charge in [-0.15, -0.1) is 0 Å². The summed E-state index contributed by atoms with van der Waals surface area (Å²) < 4.78 is 14.0. The second kappa shape index (κ2) is 5.65. The minimum Gasteiger partial charge on any atom is -0.385 e.